The number of fused-ring (bicyclic) bond motifs is 1. The molecule has 1 amide bonds. The minimum absolute atomic E-state index is 0.0793. The van der Waals surface area contributed by atoms with E-state index in [2.05, 4.69) is 15.5 Å². The lowest BCUT2D eigenvalue weighted by molar-refractivity contribution is -0.385. The third-order valence-corrected chi connectivity index (χ3v) is 4.55. The summed E-state index contributed by atoms with van der Waals surface area (Å²) in [7, 11) is 1.33. The highest BCUT2D eigenvalue weighted by molar-refractivity contribution is 6.30. The molecule has 1 N–H and O–H groups in total. The van der Waals surface area contributed by atoms with Crippen molar-refractivity contribution in [3.05, 3.63) is 81.4 Å². The average Bonchev–Trinajstić information content (AvgIpc) is 3.16. The lowest BCUT2D eigenvalue weighted by atomic mass is 10.1. The lowest BCUT2D eigenvalue weighted by Crippen LogP contribution is -2.12. The van der Waals surface area contributed by atoms with Crippen LogP contribution in [-0.4, -0.2) is 32.9 Å². The first-order valence-corrected chi connectivity index (χ1v) is 9.09. The molecule has 4 aromatic rings. The van der Waals surface area contributed by atoms with Crippen LogP contribution < -0.4 is 10.1 Å². The largest absolute Gasteiger partial charge is 0.490 e. The monoisotopic (exact) mass is 423 g/mol. The van der Waals surface area contributed by atoms with E-state index >= 15 is 0 Å². The highest BCUT2D eigenvalue weighted by Crippen LogP contribution is 2.28. The first-order chi connectivity index (χ1) is 14.4. The quantitative estimate of drug-likeness (QED) is 0.379. The minimum atomic E-state index is -0.601. The van der Waals surface area contributed by atoms with Gasteiger partial charge in [-0.25, -0.2) is 0 Å². The van der Waals surface area contributed by atoms with Crippen molar-refractivity contribution in [3.8, 4) is 11.4 Å². The number of nitrogens with one attached hydrogen (secondary N) is 1. The van der Waals surface area contributed by atoms with Crippen LogP contribution >= 0.6 is 11.6 Å². The molecule has 1 heterocycles. The smallest absolute Gasteiger partial charge is 0.311 e. The normalized spacial score (nSPS) is 10.7. The van der Waals surface area contributed by atoms with E-state index in [1.807, 2.05) is 6.07 Å². The van der Waals surface area contributed by atoms with Gasteiger partial charge in [-0.2, -0.15) is 4.80 Å². The van der Waals surface area contributed by atoms with Crippen molar-refractivity contribution < 1.29 is 14.5 Å². The topological polar surface area (TPSA) is 112 Å². The number of aromatic nitrogens is 3. The first-order valence-electron chi connectivity index (χ1n) is 8.71. The number of hydrogen-bond acceptors (Lipinski definition) is 6. The second-order valence-electron chi connectivity index (χ2n) is 6.27. The molecule has 0 fully saturated rings. The summed E-state index contributed by atoms with van der Waals surface area (Å²) < 4.78 is 4.95. The Hall–Kier alpha value is -3.98. The molecular weight excluding hydrogens is 410 g/mol. The highest BCUT2D eigenvalue weighted by Gasteiger charge is 2.18. The molecule has 0 radical (unpaired) electrons. The number of rotatable bonds is 5. The van der Waals surface area contributed by atoms with Crippen molar-refractivity contribution in [2.75, 3.05) is 12.4 Å². The van der Waals surface area contributed by atoms with Crippen molar-refractivity contribution in [2.45, 2.75) is 0 Å². The number of carbonyl (C=O) groups excluding carboxylic acids is 1. The summed E-state index contributed by atoms with van der Waals surface area (Å²) in [6, 6.07) is 16.2. The Labute approximate surface area is 175 Å². The predicted molar refractivity (Wildman–Crippen MR) is 111 cm³/mol. The zero-order valence-electron chi connectivity index (χ0n) is 15.6. The van der Waals surface area contributed by atoms with Gasteiger partial charge in [-0.3, -0.25) is 14.9 Å². The number of halogens is 1. The van der Waals surface area contributed by atoms with E-state index < -0.39 is 10.8 Å². The standard InChI is InChI=1S/C20H14ClN5O4/c1-30-19-8-5-12(9-18(19)26(28)29)20(27)22-14-6-7-16-17(11-14)24-25(23-16)15-4-2-3-13(21)10-15/h2-11H,1H3,(H,22,27). The summed E-state index contributed by atoms with van der Waals surface area (Å²) in [5, 5.41) is 23.3. The van der Waals surface area contributed by atoms with Gasteiger partial charge in [-0.05, 0) is 48.5 Å². The molecule has 9 nitrogen and oxygen atoms in total. The van der Waals surface area contributed by atoms with Gasteiger partial charge in [0.05, 0.1) is 17.7 Å². The van der Waals surface area contributed by atoms with Crippen molar-refractivity contribution >= 4 is 39.9 Å². The number of nitro benzene ring substituents is 1. The Morgan fingerprint density at radius 3 is 2.63 bits per heavy atom. The van der Waals surface area contributed by atoms with Gasteiger partial charge in [0.15, 0.2) is 5.75 Å². The molecule has 150 valence electrons. The summed E-state index contributed by atoms with van der Waals surface area (Å²) in [5.41, 5.74) is 2.22. The summed E-state index contributed by atoms with van der Waals surface area (Å²) in [6.07, 6.45) is 0. The van der Waals surface area contributed by atoms with E-state index in [4.69, 9.17) is 16.3 Å². The van der Waals surface area contributed by atoms with Gasteiger partial charge in [-0.15, -0.1) is 10.2 Å². The summed E-state index contributed by atoms with van der Waals surface area (Å²) in [5.74, 6) is -0.419. The molecule has 3 aromatic carbocycles. The van der Waals surface area contributed by atoms with Gasteiger partial charge in [-0.1, -0.05) is 17.7 Å². The van der Waals surface area contributed by atoms with Crippen LogP contribution in [0, 0.1) is 10.1 Å². The predicted octanol–water partition coefficient (Wildman–Crippen LogP) is 4.24. The second-order valence-corrected chi connectivity index (χ2v) is 6.71. The number of amides is 1. The Kier molecular flexibility index (Phi) is 5.03. The number of hydrogen-bond donors (Lipinski definition) is 1. The maximum atomic E-state index is 12.6. The van der Waals surface area contributed by atoms with Crippen molar-refractivity contribution in [1.29, 1.82) is 0 Å². The molecule has 0 unspecified atom stereocenters. The molecular formula is C20H14ClN5O4. The maximum absolute atomic E-state index is 12.6. The fraction of sp³-hybridized carbons (Fsp3) is 0.0500. The SMILES string of the molecule is COc1ccc(C(=O)Nc2ccc3nn(-c4cccc(Cl)c4)nc3c2)cc1[N+](=O)[O-]. The number of carbonyl (C=O) groups is 1. The van der Waals surface area contributed by atoms with Gasteiger partial charge < -0.3 is 10.1 Å². The zero-order chi connectivity index (χ0) is 21.3. The number of nitrogens with zero attached hydrogens (tertiary/aromatic N) is 4. The molecule has 0 spiro atoms. The Bertz CT molecular complexity index is 1290. The van der Waals surface area contributed by atoms with Crippen molar-refractivity contribution in [1.82, 2.24) is 15.0 Å². The Morgan fingerprint density at radius 2 is 1.90 bits per heavy atom. The average molecular weight is 424 g/mol. The van der Waals surface area contributed by atoms with Crippen LogP contribution in [-0.2, 0) is 0 Å². The number of nitro groups is 1. The van der Waals surface area contributed by atoms with E-state index in [0.717, 1.165) is 0 Å². The van der Waals surface area contributed by atoms with Gasteiger partial charge in [0.2, 0.25) is 0 Å². The van der Waals surface area contributed by atoms with Crippen LogP contribution in [0.5, 0.6) is 5.75 Å². The molecule has 0 saturated heterocycles. The molecule has 0 aliphatic heterocycles. The van der Waals surface area contributed by atoms with E-state index in [0.29, 0.717) is 27.4 Å². The molecule has 0 atom stereocenters. The number of methoxy groups -OCH3 is 1. The Balaban J connectivity index is 1.60. The van der Waals surface area contributed by atoms with Crippen LogP contribution in [0.15, 0.2) is 60.7 Å². The number of benzene rings is 3. The highest BCUT2D eigenvalue weighted by atomic mass is 35.5. The van der Waals surface area contributed by atoms with E-state index in [1.165, 1.54) is 30.1 Å². The zero-order valence-corrected chi connectivity index (χ0v) is 16.3. The number of ether oxygens (including phenoxy) is 1. The van der Waals surface area contributed by atoms with Gasteiger partial charge in [0.1, 0.15) is 11.0 Å². The summed E-state index contributed by atoms with van der Waals surface area (Å²) >= 11 is 6.02. The molecule has 0 bridgehead atoms. The van der Waals surface area contributed by atoms with Crippen molar-refractivity contribution in [3.63, 3.8) is 0 Å². The molecule has 4 rings (SSSR count). The summed E-state index contributed by atoms with van der Waals surface area (Å²) in [6.45, 7) is 0. The molecule has 1 aromatic heterocycles. The van der Waals surface area contributed by atoms with Crippen LogP contribution in [0.2, 0.25) is 5.02 Å². The number of anilines is 1. The van der Waals surface area contributed by atoms with Crippen LogP contribution in [0.4, 0.5) is 11.4 Å². The minimum Gasteiger partial charge on any atom is -0.490 e. The fourth-order valence-corrected chi connectivity index (χ4v) is 3.07. The maximum Gasteiger partial charge on any atom is 0.311 e. The van der Waals surface area contributed by atoms with E-state index in [9.17, 15) is 14.9 Å². The molecule has 0 aliphatic carbocycles. The summed E-state index contributed by atoms with van der Waals surface area (Å²) in [4.78, 5) is 24.6. The first kappa shape index (κ1) is 19.3. The third-order valence-electron chi connectivity index (χ3n) is 4.32. The fourth-order valence-electron chi connectivity index (χ4n) is 2.89. The van der Waals surface area contributed by atoms with Gasteiger partial charge in [0.25, 0.3) is 5.91 Å². The van der Waals surface area contributed by atoms with Crippen LogP contribution in [0.25, 0.3) is 16.7 Å². The Morgan fingerprint density at radius 1 is 1.10 bits per heavy atom. The van der Waals surface area contributed by atoms with Crippen LogP contribution in [0.1, 0.15) is 10.4 Å². The van der Waals surface area contributed by atoms with Gasteiger partial charge in [0, 0.05) is 22.3 Å². The van der Waals surface area contributed by atoms with Crippen LogP contribution in [0.3, 0.4) is 0 Å². The van der Waals surface area contributed by atoms with Crippen molar-refractivity contribution in [2.24, 2.45) is 0 Å². The molecule has 0 aliphatic rings. The van der Waals surface area contributed by atoms with E-state index in [-0.39, 0.29) is 17.0 Å². The molecule has 10 heteroatoms. The van der Waals surface area contributed by atoms with E-state index in [1.54, 1.807) is 36.4 Å². The lowest BCUT2D eigenvalue weighted by Gasteiger charge is -2.06. The third kappa shape index (κ3) is 3.78. The molecule has 30 heavy (non-hydrogen) atoms. The molecule has 0 saturated carbocycles. The second kappa shape index (κ2) is 7.80. The van der Waals surface area contributed by atoms with Gasteiger partial charge >= 0.3 is 5.69 Å².